The molecule has 0 radical (unpaired) electrons. The van der Waals surface area contributed by atoms with Crippen molar-refractivity contribution in [3.8, 4) is 0 Å². The third-order valence-electron chi connectivity index (χ3n) is 5.84. The summed E-state index contributed by atoms with van der Waals surface area (Å²) >= 11 is 0. The lowest BCUT2D eigenvalue weighted by Crippen LogP contribution is -2.29. The average molecular weight is 493 g/mol. The molecule has 0 aromatic heterocycles. The average Bonchev–Trinajstić information content (AvgIpc) is 3.32. The molecule has 3 aromatic rings. The molecule has 0 bridgehead atoms. The molecule has 1 aliphatic heterocycles. The quantitative estimate of drug-likeness (QED) is 0.336. The molecule has 0 saturated carbocycles. The monoisotopic (exact) mass is 492 g/mol. The predicted molar refractivity (Wildman–Crippen MR) is 135 cm³/mol. The van der Waals surface area contributed by atoms with Crippen molar-refractivity contribution < 1.29 is 22.7 Å². The number of para-hydroxylation sites is 1. The van der Waals surface area contributed by atoms with Gasteiger partial charge in [-0.05, 0) is 60.7 Å². The van der Waals surface area contributed by atoms with Gasteiger partial charge in [0, 0.05) is 18.7 Å². The van der Waals surface area contributed by atoms with Crippen LogP contribution >= 0.6 is 0 Å². The molecule has 0 spiro atoms. The zero-order chi connectivity index (χ0) is 24.7. The molecular weight excluding hydrogens is 464 g/mol. The summed E-state index contributed by atoms with van der Waals surface area (Å²) in [5.41, 5.74) is 3.37. The Labute approximate surface area is 205 Å². The molecule has 8 heteroatoms. The third kappa shape index (κ3) is 6.27. The SMILES string of the molecule is O=C(CCC(=O)OCCCc1ccccc1)Nc1ccc(S(=O)(=O)N2CCc3ccccc32)cc1. The molecule has 0 atom stereocenters. The predicted octanol–water partition coefficient (Wildman–Crippen LogP) is 4.33. The van der Waals surface area contributed by atoms with Crippen molar-refractivity contribution in [1.29, 1.82) is 0 Å². The number of anilines is 2. The van der Waals surface area contributed by atoms with Gasteiger partial charge in [-0.25, -0.2) is 8.42 Å². The zero-order valence-electron chi connectivity index (χ0n) is 19.4. The van der Waals surface area contributed by atoms with E-state index in [-0.39, 0.29) is 23.6 Å². The number of esters is 1. The molecule has 35 heavy (non-hydrogen) atoms. The molecule has 182 valence electrons. The Balaban J connectivity index is 1.22. The van der Waals surface area contributed by atoms with E-state index in [1.807, 2.05) is 54.6 Å². The highest BCUT2D eigenvalue weighted by molar-refractivity contribution is 7.92. The van der Waals surface area contributed by atoms with Crippen molar-refractivity contribution in [2.75, 3.05) is 22.8 Å². The number of nitrogens with zero attached hydrogens (tertiary/aromatic N) is 1. The van der Waals surface area contributed by atoms with Gasteiger partial charge in [-0.3, -0.25) is 13.9 Å². The van der Waals surface area contributed by atoms with Crippen LogP contribution in [0.25, 0.3) is 0 Å². The molecule has 0 unspecified atom stereocenters. The molecule has 0 fully saturated rings. The number of sulfonamides is 1. The van der Waals surface area contributed by atoms with Gasteiger partial charge in [-0.15, -0.1) is 0 Å². The van der Waals surface area contributed by atoms with E-state index in [1.165, 1.54) is 22.0 Å². The van der Waals surface area contributed by atoms with Crippen LogP contribution < -0.4 is 9.62 Å². The molecular formula is C27H28N2O5S. The molecule has 1 heterocycles. The van der Waals surface area contributed by atoms with Gasteiger partial charge in [-0.2, -0.15) is 0 Å². The summed E-state index contributed by atoms with van der Waals surface area (Å²) in [6.07, 6.45) is 2.20. The highest BCUT2D eigenvalue weighted by Crippen LogP contribution is 2.32. The maximum absolute atomic E-state index is 13.1. The summed E-state index contributed by atoms with van der Waals surface area (Å²) in [5.74, 6) is -0.754. The van der Waals surface area contributed by atoms with Crippen molar-refractivity contribution >= 4 is 33.3 Å². The van der Waals surface area contributed by atoms with Crippen molar-refractivity contribution in [3.63, 3.8) is 0 Å². The van der Waals surface area contributed by atoms with E-state index in [9.17, 15) is 18.0 Å². The number of carbonyl (C=O) groups is 2. The van der Waals surface area contributed by atoms with Crippen molar-refractivity contribution in [2.45, 2.75) is 37.0 Å². The summed E-state index contributed by atoms with van der Waals surface area (Å²) in [7, 11) is -3.69. The van der Waals surface area contributed by atoms with Crippen molar-refractivity contribution in [3.05, 3.63) is 90.0 Å². The lowest BCUT2D eigenvalue weighted by molar-refractivity contribution is -0.144. The van der Waals surface area contributed by atoms with Crippen LogP contribution in [0, 0.1) is 0 Å². The molecule has 0 aliphatic carbocycles. The number of aryl methyl sites for hydroxylation is 1. The van der Waals surface area contributed by atoms with Crippen LogP contribution in [0.5, 0.6) is 0 Å². The van der Waals surface area contributed by atoms with Gasteiger partial charge < -0.3 is 10.1 Å². The molecule has 4 rings (SSSR count). The Morgan fingerprint density at radius 2 is 1.60 bits per heavy atom. The summed E-state index contributed by atoms with van der Waals surface area (Å²) in [6.45, 7) is 0.718. The van der Waals surface area contributed by atoms with Gasteiger partial charge in [-0.1, -0.05) is 48.5 Å². The molecule has 1 aliphatic rings. The van der Waals surface area contributed by atoms with Gasteiger partial charge in [0.1, 0.15) is 0 Å². The second-order valence-corrected chi connectivity index (χ2v) is 10.2. The Bertz CT molecular complexity index is 1270. The lowest BCUT2D eigenvalue weighted by Gasteiger charge is -2.19. The van der Waals surface area contributed by atoms with Crippen LogP contribution in [0.2, 0.25) is 0 Å². The van der Waals surface area contributed by atoms with E-state index < -0.39 is 16.0 Å². The van der Waals surface area contributed by atoms with Gasteiger partial charge in [0.2, 0.25) is 5.91 Å². The van der Waals surface area contributed by atoms with Crippen LogP contribution in [0.1, 0.15) is 30.4 Å². The third-order valence-corrected chi connectivity index (χ3v) is 7.67. The minimum Gasteiger partial charge on any atom is -0.466 e. The van der Waals surface area contributed by atoms with E-state index >= 15 is 0 Å². The van der Waals surface area contributed by atoms with Crippen LogP contribution in [0.3, 0.4) is 0 Å². The number of rotatable bonds is 10. The maximum atomic E-state index is 13.1. The van der Waals surface area contributed by atoms with Gasteiger partial charge >= 0.3 is 5.97 Å². The fourth-order valence-corrected chi connectivity index (χ4v) is 5.52. The second-order valence-electron chi connectivity index (χ2n) is 8.34. The first-order valence-corrected chi connectivity index (χ1v) is 13.1. The number of ether oxygens (including phenoxy) is 1. The van der Waals surface area contributed by atoms with Crippen molar-refractivity contribution in [2.24, 2.45) is 0 Å². The maximum Gasteiger partial charge on any atom is 0.306 e. The molecule has 7 nitrogen and oxygen atoms in total. The number of hydrogen-bond acceptors (Lipinski definition) is 5. The lowest BCUT2D eigenvalue weighted by atomic mass is 10.1. The fraction of sp³-hybridized carbons (Fsp3) is 0.259. The molecule has 0 saturated heterocycles. The minimum absolute atomic E-state index is 0.0118. The number of hydrogen-bond donors (Lipinski definition) is 1. The van der Waals surface area contributed by atoms with Crippen LogP contribution in [0.15, 0.2) is 83.8 Å². The Kier molecular flexibility index (Phi) is 7.82. The van der Waals surface area contributed by atoms with Gasteiger partial charge in [0.25, 0.3) is 10.0 Å². The first-order chi connectivity index (χ1) is 16.9. The summed E-state index contributed by atoms with van der Waals surface area (Å²) < 4.78 is 32.8. The topological polar surface area (TPSA) is 92.8 Å². The Morgan fingerprint density at radius 3 is 2.37 bits per heavy atom. The molecule has 1 amide bonds. The Hall–Kier alpha value is -3.65. The first kappa shape index (κ1) is 24.5. The zero-order valence-corrected chi connectivity index (χ0v) is 20.2. The second kappa shape index (κ2) is 11.2. The number of nitrogens with one attached hydrogen (secondary N) is 1. The number of carbonyl (C=O) groups excluding carboxylic acids is 2. The minimum atomic E-state index is -3.69. The summed E-state index contributed by atoms with van der Waals surface area (Å²) in [5, 5.41) is 2.69. The van der Waals surface area contributed by atoms with E-state index in [4.69, 9.17) is 4.74 Å². The van der Waals surface area contributed by atoms with Crippen LogP contribution in [-0.4, -0.2) is 33.4 Å². The highest BCUT2D eigenvalue weighted by Gasteiger charge is 2.30. The van der Waals surface area contributed by atoms with Crippen LogP contribution in [0.4, 0.5) is 11.4 Å². The smallest absolute Gasteiger partial charge is 0.306 e. The highest BCUT2D eigenvalue weighted by atomic mass is 32.2. The Morgan fingerprint density at radius 1 is 0.886 bits per heavy atom. The number of benzene rings is 3. The number of amides is 1. The fourth-order valence-electron chi connectivity index (χ4n) is 4.01. The van der Waals surface area contributed by atoms with Crippen LogP contribution in [-0.2, 0) is 37.2 Å². The molecule has 3 aromatic carbocycles. The van der Waals surface area contributed by atoms with Crippen molar-refractivity contribution in [1.82, 2.24) is 0 Å². The largest absolute Gasteiger partial charge is 0.466 e. The van der Waals surface area contributed by atoms with E-state index in [1.54, 1.807) is 12.1 Å². The van der Waals surface area contributed by atoms with E-state index in [0.717, 1.165) is 18.4 Å². The standard InChI is InChI=1S/C27H28N2O5S/c30-26(16-17-27(31)34-20-6-9-21-7-2-1-3-8-21)28-23-12-14-24(15-13-23)35(32,33)29-19-18-22-10-4-5-11-25(22)29/h1-5,7-8,10-15H,6,9,16-20H2,(H,28,30). The number of fused-ring (bicyclic) bond motifs is 1. The normalized spacial score (nSPS) is 12.7. The summed E-state index contributed by atoms with van der Waals surface area (Å²) in [6, 6.07) is 23.5. The van der Waals surface area contributed by atoms with E-state index in [0.29, 0.717) is 30.9 Å². The van der Waals surface area contributed by atoms with Gasteiger partial charge in [0.05, 0.1) is 23.6 Å². The molecule has 1 N–H and O–H groups in total. The van der Waals surface area contributed by atoms with Gasteiger partial charge in [0.15, 0.2) is 0 Å². The first-order valence-electron chi connectivity index (χ1n) is 11.6. The summed E-state index contributed by atoms with van der Waals surface area (Å²) in [4.78, 5) is 24.3. The van der Waals surface area contributed by atoms with E-state index in [2.05, 4.69) is 5.32 Å².